The smallest absolute Gasteiger partial charge is 0.240 e. The number of amides is 1. The molecule has 0 N–H and O–H groups in total. The summed E-state index contributed by atoms with van der Waals surface area (Å²) in [6.45, 7) is 4.61. The molecule has 0 radical (unpaired) electrons. The summed E-state index contributed by atoms with van der Waals surface area (Å²) in [6.07, 6.45) is 2.28. The van der Waals surface area contributed by atoms with Crippen molar-refractivity contribution in [3.63, 3.8) is 0 Å². The molecule has 0 aliphatic heterocycles. The lowest BCUT2D eigenvalue weighted by Gasteiger charge is -2.25. The van der Waals surface area contributed by atoms with E-state index in [0.29, 0.717) is 12.6 Å². The quantitative estimate of drug-likeness (QED) is 0.324. The van der Waals surface area contributed by atoms with Crippen molar-refractivity contribution in [1.82, 2.24) is 14.8 Å². The van der Waals surface area contributed by atoms with Gasteiger partial charge in [-0.05, 0) is 49.6 Å². The molecule has 7 heteroatoms. The molecule has 1 atom stereocenters. The molecule has 1 aliphatic carbocycles. The van der Waals surface area contributed by atoms with Gasteiger partial charge in [-0.2, -0.15) is 0 Å². The fourth-order valence-electron chi connectivity index (χ4n) is 3.91. The monoisotopic (exact) mass is 448 g/mol. The Morgan fingerprint density at radius 2 is 1.97 bits per heavy atom. The van der Waals surface area contributed by atoms with Crippen LogP contribution < -0.4 is 4.90 Å². The van der Waals surface area contributed by atoms with Crippen LogP contribution in [0, 0.1) is 0 Å². The van der Waals surface area contributed by atoms with Crippen molar-refractivity contribution in [3.05, 3.63) is 60.0 Å². The summed E-state index contributed by atoms with van der Waals surface area (Å²) in [5.74, 6) is 1.01. The van der Waals surface area contributed by atoms with Gasteiger partial charge >= 0.3 is 0 Å². The van der Waals surface area contributed by atoms with Crippen LogP contribution in [0.2, 0.25) is 0 Å². The van der Waals surface area contributed by atoms with Crippen molar-refractivity contribution in [2.75, 3.05) is 11.4 Å². The van der Waals surface area contributed by atoms with E-state index in [1.54, 1.807) is 11.3 Å². The Bertz CT molecular complexity index is 1210. The van der Waals surface area contributed by atoms with Crippen LogP contribution in [0.3, 0.4) is 0 Å². The summed E-state index contributed by atoms with van der Waals surface area (Å²) in [5, 5.41) is 13.8. The first-order valence-corrected chi connectivity index (χ1v) is 12.4. The lowest BCUT2D eigenvalue weighted by Crippen LogP contribution is -2.36. The van der Waals surface area contributed by atoms with Crippen molar-refractivity contribution in [3.8, 4) is 10.7 Å². The Balaban J connectivity index is 1.43. The summed E-state index contributed by atoms with van der Waals surface area (Å²) in [5.41, 5.74) is 0.959. The number of carbonyl (C=O) groups is 1. The van der Waals surface area contributed by atoms with Crippen molar-refractivity contribution in [2.24, 2.45) is 0 Å². The molecule has 1 amide bonds. The number of fused-ring (bicyclic) bond motifs is 1. The van der Waals surface area contributed by atoms with Crippen LogP contribution >= 0.6 is 23.1 Å². The van der Waals surface area contributed by atoms with Crippen LogP contribution in [0.25, 0.3) is 21.5 Å². The van der Waals surface area contributed by atoms with Crippen molar-refractivity contribution < 1.29 is 4.79 Å². The van der Waals surface area contributed by atoms with Crippen LogP contribution in [-0.2, 0) is 4.79 Å². The van der Waals surface area contributed by atoms with Crippen molar-refractivity contribution in [1.29, 1.82) is 0 Å². The Labute approximate surface area is 190 Å². The van der Waals surface area contributed by atoms with Gasteiger partial charge in [0.15, 0.2) is 11.0 Å². The topological polar surface area (TPSA) is 51.0 Å². The lowest BCUT2D eigenvalue weighted by molar-refractivity contribution is -0.117. The van der Waals surface area contributed by atoms with Crippen LogP contribution in [0.15, 0.2) is 65.1 Å². The molecule has 158 valence electrons. The fourth-order valence-corrected chi connectivity index (χ4v) is 5.60. The number of nitrogens with zero attached hydrogens (tertiary/aromatic N) is 4. The van der Waals surface area contributed by atoms with E-state index in [9.17, 15) is 4.79 Å². The molecule has 0 unspecified atom stereocenters. The van der Waals surface area contributed by atoms with Crippen LogP contribution in [-0.4, -0.2) is 32.5 Å². The van der Waals surface area contributed by atoms with Crippen molar-refractivity contribution in [2.45, 2.75) is 43.1 Å². The molecule has 5 rings (SSSR count). The summed E-state index contributed by atoms with van der Waals surface area (Å²) in [6, 6.07) is 18.9. The van der Waals surface area contributed by atoms with E-state index in [4.69, 9.17) is 0 Å². The molecule has 5 nitrogen and oxygen atoms in total. The molecule has 4 aromatic rings. The highest BCUT2D eigenvalue weighted by molar-refractivity contribution is 8.00. The molecule has 2 heterocycles. The number of anilines is 1. The van der Waals surface area contributed by atoms with E-state index >= 15 is 0 Å². The standard InChI is InChI=1S/C24H24N4OS2/c1-3-27(20-11-6-9-17-8-4-5-10-19(17)20)23(29)16(2)31-24-26-25-22(21-12-7-15-30-21)28(24)18-13-14-18/h4-12,15-16,18H,3,13-14H2,1-2H3/t16-/m1/s1. The van der Waals surface area contributed by atoms with Gasteiger partial charge < -0.3 is 4.90 Å². The second kappa shape index (κ2) is 8.48. The van der Waals surface area contributed by atoms with Crippen LogP contribution in [0.4, 0.5) is 5.69 Å². The summed E-state index contributed by atoms with van der Waals surface area (Å²) in [4.78, 5) is 16.5. The lowest BCUT2D eigenvalue weighted by atomic mass is 10.1. The summed E-state index contributed by atoms with van der Waals surface area (Å²) >= 11 is 3.18. The number of thioether (sulfide) groups is 1. The Morgan fingerprint density at radius 3 is 2.71 bits per heavy atom. The van der Waals surface area contributed by atoms with E-state index in [0.717, 1.165) is 45.2 Å². The van der Waals surface area contributed by atoms with Crippen LogP contribution in [0.5, 0.6) is 0 Å². The number of aromatic nitrogens is 3. The number of thiophene rings is 1. The first kappa shape index (κ1) is 20.3. The average Bonchev–Trinajstić information content (AvgIpc) is 3.31. The van der Waals surface area contributed by atoms with E-state index in [1.165, 1.54) is 11.8 Å². The molecule has 2 aromatic heterocycles. The number of hydrogen-bond acceptors (Lipinski definition) is 5. The van der Waals surface area contributed by atoms with Crippen molar-refractivity contribution >= 4 is 45.5 Å². The zero-order valence-electron chi connectivity index (χ0n) is 17.6. The minimum absolute atomic E-state index is 0.0897. The second-order valence-electron chi connectivity index (χ2n) is 7.73. The minimum Gasteiger partial charge on any atom is -0.311 e. The molecule has 31 heavy (non-hydrogen) atoms. The zero-order chi connectivity index (χ0) is 21.4. The molecule has 0 bridgehead atoms. The van der Waals surface area contributed by atoms with Gasteiger partial charge in [0.25, 0.3) is 0 Å². The van der Waals surface area contributed by atoms with Gasteiger partial charge in [-0.15, -0.1) is 21.5 Å². The van der Waals surface area contributed by atoms with E-state index in [1.807, 2.05) is 49.1 Å². The minimum atomic E-state index is -0.267. The fraction of sp³-hybridized carbons (Fsp3) is 0.292. The Morgan fingerprint density at radius 1 is 1.16 bits per heavy atom. The number of benzene rings is 2. The highest BCUT2D eigenvalue weighted by Gasteiger charge is 2.32. The normalized spacial score (nSPS) is 14.6. The van der Waals surface area contributed by atoms with E-state index in [-0.39, 0.29) is 11.2 Å². The molecule has 0 saturated heterocycles. The van der Waals surface area contributed by atoms with Gasteiger partial charge in [0.2, 0.25) is 5.91 Å². The number of rotatable bonds is 7. The second-order valence-corrected chi connectivity index (χ2v) is 9.98. The highest BCUT2D eigenvalue weighted by atomic mass is 32.2. The first-order valence-electron chi connectivity index (χ1n) is 10.6. The highest BCUT2D eigenvalue weighted by Crippen LogP contribution is 2.42. The van der Waals surface area contributed by atoms with Gasteiger partial charge in [-0.1, -0.05) is 54.2 Å². The van der Waals surface area contributed by atoms with E-state index in [2.05, 4.69) is 44.4 Å². The molecule has 1 saturated carbocycles. The molecule has 0 spiro atoms. The van der Waals surface area contributed by atoms with Crippen LogP contribution in [0.1, 0.15) is 32.7 Å². The SMILES string of the molecule is CCN(C(=O)[C@@H](C)Sc1nnc(-c2cccs2)n1C1CC1)c1cccc2ccccc12. The van der Waals surface area contributed by atoms with Gasteiger partial charge in [0.05, 0.1) is 15.8 Å². The molecular weight excluding hydrogens is 424 g/mol. The third-order valence-electron chi connectivity index (χ3n) is 5.59. The zero-order valence-corrected chi connectivity index (χ0v) is 19.2. The predicted molar refractivity (Wildman–Crippen MR) is 129 cm³/mol. The first-order chi connectivity index (χ1) is 15.2. The molecule has 1 aliphatic rings. The largest absolute Gasteiger partial charge is 0.311 e. The maximum Gasteiger partial charge on any atom is 0.240 e. The third kappa shape index (κ3) is 3.88. The molecule has 1 fully saturated rings. The number of hydrogen-bond donors (Lipinski definition) is 0. The Hall–Kier alpha value is -2.64. The van der Waals surface area contributed by atoms with Gasteiger partial charge in [0.1, 0.15) is 0 Å². The average molecular weight is 449 g/mol. The van der Waals surface area contributed by atoms with Gasteiger partial charge in [0, 0.05) is 18.0 Å². The summed E-state index contributed by atoms with van der Waals surface area (Å²) in [7, 11) is 0. The Kier molecular flexibility index (Phi) is 5.54. The van der Waals surface area contributed by atoms with E-state index < -0.39 is 0 Å². The maximum absolute atomic E-state index is 13.5. The summed E-state index contributed by atoms with van der Waals surface area (Å²) < 4.78 is 2.23. The van der Waals surface area contributed by atoms with Gasteiger partial charge in [-0.25, -0.2) is 0 Å². The predicted octanol–water partition coefficient (Wildman–Crippen LogP) is 6.03. The van der Waals surface area contributed by atoms with Gasteiger partial charge in [-0.3, -0.25) is 9.36 Å². The number of carbonyl (C=O) groups excluding carboxylic acids is 1. The third-order valence-corrected chi connectivity index (χ3v) is 7.50. The molecular formula is C24H24N4OS2. The molecule has 2 aromatic carbocycles. The maximum atomic E-state index is 13.5.